The molecule has 0 aliphatic carbocycles. The van der Waals surface area contributed by atoms with Crippen molar-refractivity contribution in [1.82, 2.24) is 9.80 Å². The Morgan fingerprint density at radius 1 is 1.13 bits per heavy atom. The van der Waals surface area contributed by atoms with Gasteiger partial charge >= 0.3 is 6.03 Å². The standard InChI is InChI=1S/C11H20N2O2/c14-9-10-5-1-2-8-13(10)11(15)12-6-3-4-7-12/h10,14H,1-9H2. The molecule has 2 rings (SSSR count). The molecule has 15 heavy (non-hydrogen) atoms. The zero-order valence-electron chi connectivity index (χ0n) is 9.19. The molecule has 4 heteroatoms. The monoisotopic (exact) mass is 212 g/mol. The van der Waals surface area contributed by atoms with Crippen molar-refractivity contribution < 1.29 is 9.90 Å². The van der Waals surface area contributed by atoms with Crippen molar-refractivity contribution >= 4 is 6.03 Å². The van der Waals surface area contributed by atoms with Gasteiger partial charge in [0.1, 0.15) is 0 Å². The first-order valence-corrected chi connectivity index (χ1v) is 5.99. The number of amides is 2. The molecular weight excluding hydrogens is 192 g/mol. The van der Waals surface area contributed by atoms with Crippen molar-refractivity contribution in [1.29, 1.82) is 0 Å². The van der Waals surface area contributed by atoms with Crippen LogP contribution in [0.25, 0.3) is 0 Å². The number of piperidine rings is 1. The molecule has 0 bridgehead atoms. The zero-order valence-corrected chi connectivity index (χ0v) is 9.19. The van der Waals surface area contributed by atoms with Crippen LogP contribution in [0.1, 0.15) is 32.1 Å². The van der Waals surface area contributed by atoms with E-state index < -0.39 is 0 Å². The summed E-state index contributed by atoms with van der Waals surface area (Å²) >= 11 is 0. The second-order valence-electron chi connectivity index (χ2n) is 4.50. The number of hydrogen-bond donors (Lipinski definition) is 1. The number of urea groups is 1. The lowest BCUT2D eigenvalue weighted by molar-refractivity contribution is 0.0895. The third-order valence-corrected chi connectivity index (χ3v) is 3.46. The molecule has 0 aromatic heterocycles. The van der Waals surface area contributed by atoms with Gasteiger partial charge in [0.2, 0.25) is 0 Å². The molecule has 0 saturated carbocycles. The van der Waals surface area contributed by atoms with Crippen molar-refractivity contribution in [3.05, 3.63) is 0 Å². The number of likely N-dealkylation sites (tertiary alicyclic amines) is 2. The molecule has 2 saturated heterocycles. The molecule has 1 N–H and O–H groups in total. The van der Waals surface area contributed by atoms with Crippen molar-refractivity contribution in [3.63, 3.8) is 0 Å². The van der Waals surface area contributed by atoms with Gasteiger partial charge in [-0.1, -0.05) is 0 Å². The Kier molecular flexibility index (Phi) is 3.46. The van der Waals surface area contributed by atoms with Crippen LogP contribution < -0.4 is 0 Å². The highest BCUT2D eigenvalue weighted by atomic mass is 16.3. The zero-order chi connectivity index (χ0) is 10.7. The highest BCUT2D eigenvalue weighted by Gasteiger charge is 2.30. The summed E-state index contributed by atoms with van der Waals surface area (Å²) in [6.45, 7) is 2.72. The summed E-state index contributed by atoms with van der Waals surface area (Å²) < 4.78 is 0. The van der Waals surface area contributed by atoms with Crippen LogP contribution in [0.15, 0.2) is 0 Å². The predicted octanol–water partition coefficient (Wildman–Crippen LogP) is 1.05. The second kappa shape index (κ2) is 4.84. The molecule has 2 heterocycles. The van der Waals surface area contributed by atoms with E-state index in [0.717, 1.165) is 51.7 Å². The van der Waals surface area contributed by atoms with Gasteiger partial charge < -0.3 is 14.9 Å². The van der Waals surface area contributed by atoms with Gasteiger partial charge in [-0.2, -0.15) is 0 Å². The van der Waals surface area contributed by atoms with Crippen LogP contribution in [0.2, 0.25) is 0 Å². The molecule has 1 unspecified atom stereocenters. The van der Waals surface area contributed by atoms with E-state index in [1.807, 2.05) is 9.80 Å². The topological polar surface area (TPSA) is 43.8 Å². The molecule has 4 nitrogen and oxygen atoms in total. The fraction of sp³-hybridized carbons (Fsp3) is 0.909. The van der Waals surface area contributed by atoms with Crippen LogP contribution in [0, 0.1) is 0 Å². The molecule has 0 spiro atoms. The molecule has 2 aliphatic heterocycles. The SMILES string of the molecule is O=C(N1CCCC1)N1CCCCC1CO. The highest BCUT2D eigenvalue weighted by Crippen LogP contribution is 2.20. The van der Waals surface area contributed by atoms with Crippen molar-refractivity contribution in [2.24, 2.45) is 0 Å². The minimum Gasteiger partial charge on any atom is -0.394 e. The number of carbonyl (C=O) groups excluding carboxylic acids is 1. The largest absolute Gasteiger partial charge is 0.394 e. The van der Waals surface area contributed by atoms with Crippen LogP contribution >= 0.6 is 0 Å². The van der Waals surface area contributed by atoms with Gasteiger partial charge in [0.15, 0.2) is 0 Å². The lowest BCUT2D eigenvalue weighted by Gasteiger charge is -2.37. The number of rotatable bonds is 1. The maximum Gasteiger partial charge on any atom is 0.320 e. The average molecular weight is 212 g/mol. The summed E-state index contributed by atoms with van der Waals surface area (Å²) in [5.41, 5.74) is 0. The predicted molar refractivity (Wildman–Crippen MR) is 57.6 cm³/mol. The first-order chi connectivity index (χ1) is 7.33. The van der Waals surface area contributed by atoms with Crippen LogP contribution in [0.5, 0.6) is 0 Å². The third kappa shape index (κ3) is 2.25. The van der Waals surface area contributed by atoms with E-state index in [4.69, 9.17) is 0 Å². The fourth-order valence-corrected chi connectivity index (χ4v) is 2.53. The Morgan fingerprint density at radius 3 is 2.47 bits per heavy atom. The maximum absolute atomic E-state index is 12.1. The first kappa shape index (κ1) is 10.7. The van der Waals surface area contributed by atoms with Gasteiger partial charge in [-0.3, -0.25) is 0 Å². The quantitative estimate of drug-likeness (QED) is 0.706. The van der Waals surface area contributed by atoms with E-state index in [1.54, 1.807) is 0 Å². The summed E-state index contributed by atoms with van der Waals surface area (Å²) in [5, 5.41) is 9.24. The van der Waals surface area contributed by atoms with E-state index in [-0.39, 0.29) is 18.7 Å². The number of carbonyl (C=O) groups is 1. The average Bonchev–Trinajstić information content (AvgIpc) is 2.81. The molecule has 2 amide bonds. The van der Waals surface area contributed by atoms with Crippen LogP contribution in [0.4, 0.5) is 4.79 Å². The van der Waals surface area contributed by atoms with Gasteiger partial charge in [0, 0.05) is 19.6 Å². The Morgan fingerprint density at radius 2 is 1.80 bits per heavy atom. The normalized spacial score (nSPS) is 27.1. The Hall–Kier alpha value is -0.770. The van der Waals surface area contributed by atoms with E-state index >= 15 is 0 Å². The lowest BCUT2D eigenvalue weighted by atomic mass is 10.0. The molecule has 2 fully saturated rings. The number of hydrogen-bond acceptors (Lipinski definition) is 2. The number of aliphatic hydroxyl groups is 1. The van der Waals surface area contributed by atoms with E-state index in [0.29, 0.717) is 0 Å². The molecule has 0 aromatic rings. The Labute approximate surface area is 90.9 Å². The summed E-state index contributed by atoms with van der Waals surface area (Å²) in [7, 11) is 0. The molecule has 2 aliphatic rings. The Balaban J connectivity index is 1.96. The van der Waals surface area contributed by atoms with Gasteiger partial charge in [0.05, 0.1) is 12.6 Å². The third-order valence-electron chi connectivity index (χ3n) is 3.46. The minimum absolute atomic E-state index is 0.0619. The van der Waals surface area contributed by atoms with Crippen molar-refractivity contribution in [2.45, 2.75) is 38.1 Å². The lowest BCUT2D eigenvalue weighted by Crippen LogP contribution is -2.50. The van der Waals surface area contributed by atoms with Crippen LogP contribution in [0.3, 0.4) is 0 Å². The van der Waals surface area contributed by atoms with Crippen molar-refractivity contribution in [3.8, 4) is 0 Å². The molecule has 86 valence electrons. The first-order valence-electron chi connectivity index (χ1n) is 5.99. The van der Waals surface area contributed by atoms with Gasteiger partial charge in [-0.25, -0.2) is 4.79 Å². The highest BCUT2D eigenvalue weighted by molar-refractivity contribution is 5.75. The summed E-state index contributed by atoms with van der Waals surface area (Å²) in [5.74, 6) is 0. The van der Waals surface area contributed by atoms with E-state index in [1.165, 1.54) is 0 Å². The summed E-state index contributed by atoms with van der Waals surface area (Å²) in [4.78, 5) is 15.9. The van der Waals surface area contributed by atoms with Gasteiger partial charge in [-0.05, 0) is 32.1 Å². The Bertz CT molecular complexity index is 227. The molecule has 0 aromatic carbocycles. The summed E-state index contributed by atoms with van der Waals surface area (Å²) in [6, 6.07) is 0.207. The van der Waals surface area contributed by atoms with Gasteiger partial charge in [0.25, 0.3) is 0 Å². The molecule has 0 radical (unpaired) electrons. The number of aliphatic hydroxyl groups excluding tert-OH is 1. The molecular formula is C11H20N2O2. The van der Waals surface area contributed by atoms with Crippen LogP contribution in [-0.4, -0.2) is 53.2 Å². The van der Waals surface area contributed by atoms with Crippen molar-refractivity contribution in [2.75, 3.05) is 26.2 Å². The van der Waals surface area contributed by atoms with Gasteiger partial charge in [-0.15, -0.1) is 0 Å². The number of nitrogens with zero attached hydrogens (tertiary/aromatic N) is 2. The minimum atomic E-state index is 0.0619. The summed E-state index contributed by atoms with van der Waals surface area (Å²) in [6.07, 6.45) is 5.42. The van der Waals surface area contributed by atoms with E-state index in [2.05, 4.69) is 0 Å². The molecule has 1 atom stereocenters. The fourth-order valence-electron chi connectivity index (χ4n) is 2.53. The maximum atomic E-state index is 12.1. The van der Waals surface area contributed by atoms with E-state index in [9.17, 15) is 9.90 Å². The van der Waals surface area contributed by atoms with Crippen LogP contribution in [-0.2, 0) is 0 Å². The smallest absolute Gasteiger partial charge is 0.320 e. The second-order valence-corrected chi connectivity index (χ2v) is 4.50.